The normalized spacial score (nSPS) is 23.5. The third kappa shape index (κ3) is 3.67. The maximum Gasteiger partial charge on any atom is 0.245 e. The molecule has 1 atom stereocenters. The molecule has 3 rings (SSSR count). The Balaban J connectivity index is 1.64. The Morgan fingerprint density at radius 3 is 2.50 bits per heavy atom. The maximum absolute atomic E-state index is 12.7. The van der Waals surface area contributed by atoms with Crippen LogP contribution >= 0.6 is 0 Å². The van der Waals surface area contributed by atoms with Crippen LogP contribution < -0.4 is 5.32 Å². The Kier molecular flexibility index (Phi) is 4.76. The van der Waals surface area contributed by atoms with Crippen LogP contribution in [0.4, 0.5) is 0 Å². The van der Waals surface area contributed by atoms with Gasteiger partial charge in [0.25, 0.3) is 0 Å². The highest BCUT2D eigenvalue weighted by Gasteiger charge is 2.34. The molecule has 22 heavy (non-hydrogen) atoms. The summed E-state index contributed by atoms with van der Waals surface area (Å²) in [6.45, 7) is 0.698. The van der Waals surface area contributed by atoms with Crippen LogP contribution in [0.2, 0.25) is 0 Å². The number of hydrogen-bond donors (Lipinski definition) is 1. The van der Waals surface area contributed by atoms with Crippen molar-refractivity contribution in [2.45, 2.75) is 51.1 Å². The maximum atomic E-state index is 12.7. The van der Waals surface area contributed by atoms with E-state index < -0.39 is 0 Å². The summed E-state index contributed by atoms with van der Waals surface area (Å²) in [4.78, 5) is 26.3. The van der Waals surface area contributed by atoms with Crippen molar-refractivity contribution < 1.29 is 9.59 Å². The van der Waals surface area contributed by atoms with Gasteiger partial charge >= 0.3 is 0 Å². The van der Waals surface area contributed by atoms with Crippen LogP contribution in [-0.2, 0) is 16.1 Å². The number of nitrogens with zero attached hydrogens (tertiary/aromatic N) is 1. The monoisotopic (exact) mass is 300 g/mol. The van der Waals surface area contributed by atoms with Gasteiger partial charge in [-0.2, -0.15) is 0 Å². The van der Waals surface area contributed by atoms with Crippen LogP contribution in [0.15, 0.2) is 30.3 Å². The van der Waals surface area contributed by atoms with Gasteiger partial charge in [-0.3, -0.25) is 9.59 Å². The lowest BCUT2D eigenvalue weighted by atomic mass is 9.84. The minimum atomic E-state index is -0.326. The molecule has 2 fully saturated rings. The molecule has 1 saturated heterocycles. The zero-order chi connectivity index (χ0) is 15.4. The molecule has 2 aliphatic rings. The molecular weight excluding hydrogens is 276 g/mol. The second-order valence-electron chi connectivity index (χ2n) is 6.54. The molecule has 0 unspecified atom stereocenters. The molecule has 0 spiro atoms. The fourth-order valence-electron chi connectivity index (χ4n) is 3.63. The SMILES string of the molecule is O=C1CN(Cc2ccccc2)C(=O)[C@@H](CC2CCCCC2)N1. The molecule has 2 amide bonds. The van der Waals surface area contributed by atoms with E-state index in [1.165, 1.54) is 32.1 Å². The second-order valence-corrected chi connectivity index (χ2v) is 6.54. The summed E-state index contributed by atoms with van der Waals surface area (Å²) in [5.41, 5.74) is 1.07. The first-order chi connectivity index (χ1) is 10.7. The average molecular weight is 300 g/mol. The van der Waals surface area contributed by atoms with Crippen LogP contribution in [0.1, 0.15) is 44.1 Å². The number of carbonyl (C=O) groups excluding carboxylic acids is 2. The lowest BCUT2D eigenvalue weighted by Crippen LogP contribution is -2.58. The van der Waals surface area contributed by atoms with Crippen LogP contribution in [0, 0.1) is 5.92 Å². The van der Waals surface area contributed by atoms with E-state index in [2.05, 4.69) is 5.32 Å². The van der Waals surface area contributed by atoms with Crippen molar-refractivity contribution in [3.63, 3.8) is 0 Å². The predicted octanol–water partition coefficient (Wildman–Crippen LogP) is 2.48. The van der Waals surface area contributed by atoms with E-state index in [0.29, 0.717) is 12.5 Å². The average Bonchev–Trinajstić information content (AvgIpc) is 2.54. The fraction of sp³-hybridized carbons (Fsp3) is 0.556. The molecular formula is C18H24N2O2. The summed E-state index contributed by atoms with van der Waals surface area (Å²) in [6.07, 6.45) is 7.01. The topological polar surface area (TPSA) is 49.4 Å². The van der Waals surface area contributed by atoms with Crippen molar-refractivity contribution in [2.24, 2.45) is 5.92 Å². The molecule has 1 aliphatic heterocycles. The zero-order valence-corrected chi connectivity index (χ0v) is 13.0. The zero-order valence-electron chi connectivity index (χ0n) is 13.0. The van der Waals surface area contributed by atoms with Gasteiger partial charge in [-0.25, -0.2) is 0 Å². The summed E-state index contributed by atoms with van der Waals surface area (Å²) >= 11 is 0. The van der Waals surface area contributed by atoms with Gasteiger partial charge < -0.3 is 10.2 Å². The Bertz CT molecular complexity index is 523. The number of piperazine rings is 1. The predicted molar refractivity (Wildman–Crippen MR) is 85.0 cm³/mol. The minimum absolute atomic E-state index is 0.0312. The highest BCUT2D eigenvalue weighted by atomic mass is 16.2. The Morgan fingerprint density at radius 2 is 1.77 bits per heavy atom. The first-order valence-corrected chi connectivity index (χ1v) is 8.34. The van der Waals surface area contributed by atoms with E-state index in [9.17, 15) is 9.59 Å². The number of rotatable bonds is 4. The van der Waals surface area contributed by atoms with Crippen molar-refractivity contribution >= 4 is 11.8 Å². The van der Waals surface area contributed by atoms with Gasteiger partial charge in [0.1, 0.15) is 6.04 Å². The van der Waals surface area contributed by atoms with E-state index in [1.807, 2.05) is 30.3 Å². The molecule has 0 radical (unpaired) electrons. The highest BCUT2D eigenvalue weighted by Crippen LogP contribution is 2.28. The smallest absolute Gasteiger partial charge is 0.245 e. The van der Waals surface area contributed by atoms with Crippen LogP contribution in [0.5, 0.6) is 0 Å². The van der Waals surface area contributed by atoms with E-state index in [-0.39, 0.29) is 24.4 Å². The Hall–Kier alpha value is -1.84. The standard InChI is InChI=1S/C18H24N2O2/c21-17-13-20(12-15-9-5-2-6-10-15)18(22)16(19-17)11-14-7-3-1-4-8-14/h2,5-6,9-10,14,16H,1,3-4,7-8,11-13H2,(H,19,21)/t16-/m1/s1. The quantitative estimate of drug-likeness (QED) is 0.928. The van der Waals surface area contributed by atoms with E-state index in [4.69, 9.17) is 0 Å². The first kappa shape index (κ1) is 15.1. The number of benzene rings is 1. The van der Waals surface area contributed by atoms with Crippen LogP contribution in [0.3, 0.4) is 0 Å². The first-order valence-electron chi connectivity index (χ1n) is 8.34. The molecule has 4 nitrogen and oxygen atoms in total. The van der Waals surface area contributed by atoms with E-state index >= 15 is 0 Å². The minimum Gasteiger partial charge on any atom is -0.343 e. The second kappa shape index (κ2) is 6.95. The van der Waals surface area contributed by atoms with Crippen molar-refractivity contribution in [1.29, 1.82) is 0 Å². The van der Waals surface area contributed by atoms with E-state index in [0.717, 1.165) is 12.0 Å². The summed E-state index contributed by atoms with van der Waals surface area (Å²) in [6, 6.07) is 9.55. The number of amides is 2. The van der Waals surface area contributed by atoms with Crippen molar-refractivity contribution in [3.8, 4) is 0 Å². The molecule has 1 saturated carbocycles. The summed E-state index contributed by atoms with van der Waals surface area (Å²) in [5, 5.41) is 2.90. The number of hydrogen-bond acceptors (Lipinski definition) is 2. The van der Waals surface area contributed by atoms with E-state index in [1.54, 1.807) is 4.90 Å². The molecule has 4 heteroatoms. The lowest BCUT2D eigenvalue weighted by Gasteiger charge is -2.35. The van der Waals surface area contributed by atoms with Crippen molar-refractivity contribution in [1.82, 2.24) is 10.2 Å². The van der Waals surface area contributed by atoms with Gasteiger partial charge in [-0.05, 0) is 17.9 Å². The summed E-state index contributed by atoms with van der Waals surface area (Å²) < 4.78 is 0. The molecule has 1 heterocycles. The Morgan fingerprint density at radius 1 is 1.05 bits per heavy atom. The molecule has 118 valence electrons. The largest absolute Gasteiger partial charge is 0.343 e. The van der Waals surface area contributed by atoms with Gasteiger partial charge in [0.2, 0.25) is 11.8 Å². The van der Waals surface area contributed by atoms with Crippen LogP contribution in [-0.4, -0.2) is 29.3 Å². The van der Waals surface area contributed by atoms with Crippen LogP contribution in [0.25, 0.3) is 0 Å². The number of nitrogens with one attached hydrogen (secondary N) is 1. The number of carbonyl (C=O) groups is 2. The summed E-state index contributed by atoms with van der Waals surface area (Å²) in [5.74, 6) is 0.630. The van der Waals surface area contributed by atoms with Gasteiger partial charge in [0.05, 0.1) is 6.54 Å². The molecule has 1 aromatic carbocycles. The van der Waals surface area contributed by atoms with Gasteiger partial charge in [0.15, 0.2) is 0 Å². The molecule has 0 bridgehead atoms. The fourth-order valence-corrected chi connectivity index (χ4v) is 3.63. The third-order valence-electron chi connectivity index (χ3n) is 4.79. The van der Waals surface area contributed by atoms with Crippen molar-refractivity contribution in [3.05, 3.63) is 35.9 Å². The molecule has 1 N–H and O–H groups in total. The highest BCUT2D eigenvalue weighted by molar-refractivity contribution is 5.94. The van der Waals surface area contributed by atoms with Crippen molar-refractivity contribution in [2.75, 3.05) is 6.54 Å². The Labute approximate surface area is 131 Å². The van der Waals surface area contributed by atoms with Gasteiger partial charge in [0, 0.05) is 6.54 Å². The van der Waals surface area contributed by atoms with Gasteiger partial charge in [-0.15, -0.1) is 0 Å². The third-order valence-corrected chi connectivity index (χ3v) is 4.79. The molecule has 1 aliphatic carbocycles. The molecule has 1 aromatic rings. The van der Waals surface area contributed by atoms with Gasteiger partial charge in [-0.1, -0.05) is 62.4 Å². The molecule has 0 aromatic heterocycles. The lowest BCUT2D eigenvalue weighted by molar-refractivity contribution is -0.145. The summed E-state index contributed by atoms with van der Waals surface area (Å²) in [7, 11) is 0.